The summed E-state index contributed by atoms with van der Waals surface area (Å²) in [5, 5.41) is 4.61. The molecule has 1 amide bonds. The summed E-state index contributed by atoms with van der Waals surface area (Å²) in [7, 11) is 0. The van der Waals surface area contributed by atoms with Gasteiger partial charge in [-0.05, 0) is 62.1 Å². The Hall–Kier alpha value is -1.06. The number of hydrogen-bond donors (Lipinski definition) is 2. The largest absolute Gasteiger partial charge is 0.369 e. The maximum absolute atomic E-state index is 11.2. The molecule has 0 heterocycles. The van der Waals surface area contributed by atoms with Gasteiger partial charge in [-0.3, -0.25) is 4.79 Å². The van der Waals surface area contributed by atoms with E-state index in [0.717, 1.165) is 36.6 Å². The van der Waals surface area contributed by atoms with Crippen molar-refractivity contribution in [1.29, 1.82) is 0 Å². The molecule has 0 radical (unpaired) electrons. The lowest BCUT2D eigenvalue weighted by Crippen LogP contribution is -2.39. The van der Waals surface area contributed by atoms with Crippen molar-refractivity contribution >= 4 is 17.5 Å². The average molecular weight is 307 g/mol. The third-order valence-electron chi connectivity index (χ3n) is 4.87. The molecule has 2 saturated carbocycles. The van der Waals surface area contributed by atoms with Gasteiger partial charge >= 0.3 is 0 Å². The minimum absolute atomic E-state index is 0.0814. The van der Waals surface area contributed by atoms with E-state index in [1.165, 1.54) is 18.4 Å². The Morgan fingerprint density at radius 2 is 1.71 bits per heavy atom. The van der Waals surface area contributed by atoms with Gasteiger partial charge in [0.25, 0.3) is 0 Å². The highest BCUT2D eigenvalue weighted by atomic mass is 35.5. The number of hydrogen-bond acceptors (Lipinski definition) is 2. The van der Waals surface area contributed by atoms with Crippen LogP contribution in [0.15, 0.2) is 24.3 Å². The van der Waals surface area contributed by atoms with Crippen molar-refractivity contribution < 1.29 is 4.79 Å². The molecule has 1 atom stereocenters. The molecule has 0 saturated heterocycles. The monoisotopic (exact) mass is 306 g/mol. The van der Waals surface area contributed by atoms with Crippen molar-refractivity contribution in [2.75, 3.05) is 0 Å². The molecular formula is C17H23ClN2O. The normalized spacial score (nSPS) is 27.3. The van der Waals surface area contributed by atoms with Gasteiger partial charge in [0.15, 0.2) is 0 Å². The number of rotatable bonds is 5. The van der Waals surface area contributed by atoms with E-state index in [9.17, 15) is 4.79 Å². The van der Waals surface area contributed by atoms with Crippen molar-refractivity contribution in [3.63, 3.8) is 0 Å². The molecule has 3 rings (SSSR count). The molecule has 3 N–H and O–H groups in total. The predicted octanol–water partition coefficient (Wildman–Crippen LogP) is 3.42. The van der Waals surface area contributed by atoms with Crippen LogP contribution in [0, 0.1) is 11.8 Å². The molecule has 4 heteroatoms. The van der Waals surface area contributed by atoms with Crippen LogP contribution in [0.3, 0.4) is 0 Å². The van der Waals surface area contributed by atoms with E-state index in [-0.39, 0.29) is 11.8 Å². The smallest absolute Gasteiger partial charge is 0.220 e. The van der Waals surface area contributed by atoms with E-state index in [1.807, 2.05) is 12.1 Å². The van der Waals surface area contributed by atoms with Crippen LogP contribution in [0.1, 0.15) is 50.1 Å². The second-order valence-corrected chi connectivity index (χ2v) is 6.92. The predicted molar refractivity (Wildman–Crippen MR) is 85.0 cm³/mol. The fraction of sp³-hybridized carbons (Fsp3) is 0.588. The molecule has 2 fully saturated rings. The van der Waals surface area contributed by atoms with Crippen molar-refractivity contribution in [3.8, 4) is 0 Å². The summed E-state index contributed by atoms with van der Waals surface area (Å²) in [5.74, 6) is 0.697. The quantitative estimate of drug-likeness (QED) is 0.875. The van der Waals surface area contributed by atoms with Crippen LogP contribution < -0.4 is 11.1 Å². The van der Waals surface area contributed by atoms with E-state index in [2.05, 4.69) is 17.4 Å². The number of carbonyl (C=O) groups excluding carboxylic acids is 1. The molecular weight excluding hydrogens is 284 g/mol. The van der Waals surface area contributed by atoms with E-state index < -0.39 is 0 Å². The first-order chi connectivity index (χ1) is 10.1. The van der Waals surface area contributed by atoms with Gasteiger partial charge in [-0.15, -0.1) is 0 Å². The maximum Gasteiger partial charge on any atom is 0.220 e. The van der Waals surface area contributed by atoms with E-state index >= 15 is 0 Å². The van der Waals surface area contributed by atoms with Crippen LogP contribution in [0.5, 0.6) is 0 Å². The van der Waals surface area contributed by atoms with Crippen molar-refractivity contribution in [2.24, 2.45) is 17.6 Å². The molecule has 0 aromatic heterocycles. The standard InChI is InChI=1S/C17H23ClN2O/c18-14-7-3-12(4-8-14)16(11-1-2-11)20-15-9-5-13(6-10-15)17(19)21/h3-4,7-8,11,13,15-16,20H,1-2,5-6,9-10H2,(H2,19,21). The highest BCUT2D eigenvalue weighted by Gasteiger charge is 2.34. The maximum atomic E-state index is 11.2. The molecule has 2 aliphatic carbocycles. The van der Waals surface area contributed by atoms with Crippen LogP contribution in [0.25, 0.3) is 0 Å². The van der Waals surface area contributed by atoms with Gasteiger partial charge in [-0.1, -0.05) is 23.7 Å². The molecule has 3 nitrogen and oxygen atoms in total. The number of amides is 1. The third-order valence-corrected chi connectivity index (χ3v) is 5.12. The number of nitrogens with one attached hydrogen (secondary N) is 1. The highest BCUT2D eigenvalue weighted by Crippen LogP contribution is 2.42. The molecule has 21 heavy (non-hydrogen) atoms. The second kappa shape index (κ2) is 6.37. The molecule has 1 aromatic rings. The van der Waals surface area contributed by atoms with Crippen LogP contribution in [0.4, 0.5) is 0 Å². The zero-order valence-electron chi connectivity index (χ0n) is 12.2. The Labute approximate surface area is 131 Å². The van der Waals surface area contributed by atoms with Gasteiger partial charge in [0, 0.05) is 23.0 Å². The lowest BCUT2D eigenvalue weighted by Gasteiger charge is -2.31. The fourth-order valence-electron chi connectivity index (χ4n) is 3.40. The molecule has 0 bridgehead atoms. The zero-order chi connectivity index (χ0) is 14.8. The average Bonchev–Trinajstić information content (AvgIpc) is 3.31. The van der Waals surface area contributed by atoms with Gasteiger partial charge in [0.2, 0.25) is 5.91 Å². The summed E-state index contributed by atoms with van der Waals surface area (Å²) in [6, 6.07) is 9.13. The Morgan fingerprint density at radius 1 is 1.10 bits per heavy atom. The summed E-state index contributed by atoms with van der Waals surface area (Å²) >= 11 is 5.98. The van der Waals surface area contributed by atoms with Crippen molar-refractivity contribution in [1.82, 2.24) is 5.32 Å². The lowest BCUT2D eigenvalue weighted by molar-refractivity contribution is -0.122. The van der Waals surface area contributed by atoms with Gasteiger partial charge < -0.3 is 11.1 Å². The minimum Gasteiger partial charge on any atom is -0.369 e. The van der Waals surface area contributed by atoms with E-state index in [0.29, 0.717) is 12.1 Å². The van der Waals surface area contributed by atoms with Crippen molar-refractivity contribution in [3.05, 3.63) is 34.9 Å². The Morgan fingerprint density at radius 3 is 2.24 bits per heavy atom. The second-order valence-electron chi connectivity index (χ2n) is 6.48. The topological polar surface area (TPSA) is 55.1 Å². The highest BCUT2D eigenvalue weighted by molar-refractivity contribution is 6.30. The van der Waals surface area contributed by atoms with E-state index in [1.54, 1.807) is 0 Å². The number of benzene rings is 1. The summed E-state index contributed by atoms with van der Waals surface area (Å²) < 4.78 is 0. The molecule has 2 aliphatic rings. The van der Waals surface area contributed by atoms with Crippen LogP contribution in [0.2, 0.25) is 5.02 Å². The number of carbonyl (C=O) groups is 1. The lowest BCUT2D eigenvalue weighted by atomic mass is 9.85. The first-order valence-electron chi connectivity index (χ1n) is 7.94. The molecule has 0 aliphatic heterocycles. The Bertz CT molecular complexity index is 490. The molecule has 1 aromatic carbocycles. The summed E-state index contributed by atoms with van der Waals surface area (Å²) in [4.78, 5) is 11.2. The summed E-state index contributed by atoms with van der Waals surface area (Å²) in [6.07, 6.45) is 6.54. The Kier molecular flexibility index (Phi) is 4.51. The van der Waals surface area contributed by atoms with Gasteiger partial charge in [0.05, 0.1) is 0 Å². The van der Waals surface area contributed by atoms with Crippen LogP contribution in [-0.2, 0) is 4.79 Å². The summed E-state index contributed by atoms with van der Waals surface area (Å²) in [5.41, 5.74) is 6.74. The first-order valence-corrected chi connectivity index (χ1v) is 8.32. The molecule has 114 valence electrons. The number of primary amides is 1. The van der Waals surface area contributed by atoms with Crippen molar-refractivity contribution in [2.45, 2.75) is 50.6 Å². The van der Waals surface area contributed by atoms with Crippen LogP contribution >= 0.6 is 11.6 Å². The van der Waals surface area contributed by atoms with Gasteiger partial charge in [0.1, 0.15) is 0 Å². The van der Waals surface area contributed by atoms with Gasteiger partial charge in [-0.25, -0.2) is 0 Å². The SMILES string of the molecule is NC(=O)C1CCC(NC(c2ccc(Cl)cc2)C2CC2)CC1. The fourth-order valence-corrected chi connectivity index (χ4v) is 3.53. The molecule has 0 spiro atoms. The number of nitrogens with two attached hydrogens (primary N) is 1. The first kappa shape index (κ1) is 14.9. The minimum atomic E-state index is -0.134. The molecule has 1 unspecified atom stereocenters. The third kappa shape index (κ3) is 3.78. The summed E-state index contributed by atoms with van der Waals surface area (Å²) in [6.45, 7) is 0. The van der Waals surface area contributed by atoms with Gasteiger partial charge in [-0.2, -0.15) is 0 Å². The Balaban J connectivity index is 1.61. The van der Waals surface area contributed by atoms with E-state index in [4.69, 9.17) is 17.3 Å². The van der Waals surface area contributed by atoms with Crippen LogP contribution in [-0.4, -0.2) is 11.9 Å². The zero-order valence-corrected chi connectivity index (χ0v) is 13.0. The number of halogens is 1.